The van der Waals surface area contributed by atoms with Crippen molar-refractivity contribution in [3.05, 3.63) is 22.7 Å². The molecule has 5 nitrogen and oxygen atoms in total. The molecule has 0 bridgehead atoms. The molecule has 0 aromatic heterocycles. The van der Waals surface area contributed by atoms with Crippen LogP contribution in [0.25, 0.3) is 0 Å². The Hall–Kier alpha value is -0.630. The summed E-state index contributed by atoms with van der Waals surface area (Å²) in [7, 11) is -2.06. The minimum absolute atomic E-state index is 0.196. The molecule has 19 heavy (non-hydrogen) atoms. The molecule has 0 spiro atoms. The molecule has 0 aliphatic carbocycles. The van der Waals surface area contributed by atoms with Crippen LogP contribution in [0.3, 0.4) is 0 Å². The third-order valence-corrected chi connectivity index (χ3v) is 5.70. The lowest BCUT2D eigenvalue weighted by molar-refractivity contribution is 0.397. The lowest BCUT2D eigenvalue weighted by Gasteiger charge is -2.18. The van der Waals surface area contributed by atoms with Gasteiger partial charge in [0.15, 0.2) is 0 Å². The number of benzene rings is 1. The highest BCUT2D eigenvalue weighted by molar-refractivity contribution is 9.10. The molecule has 2 N–H and O–H groups in total. The van der Waals surface area contributed by atoms with Crippen molar-refractivity contribution in [2.24, 2.45) is 11.7 Å². The Bertz CT molecular complexity index is 562. The summed E-state index contributed by atoms with van der Waals surface area (Å²) in [6.45, 7) is 1.51. The van der Waals surface area contributed by atoms with E-state index in [1.165, 1.54) is 11.4 Å². The zero-order valence-electron chi connectivity index (χ0n) is 10.7. The first-order chi connectivity index (χ1) is 8.98. The Labute approximate surface area is 121 Å². The van der Waals surface area contributed by atoms with Gasteiger partial charge in [0.2, 0.25) is 10.0 Å². The van der Waals surface area contributed by atoms with Gasteiger partial charge >= 0.3 is 0 Å². The van der Waals surface area contributed by atoms with Gasteiger partial charge in [-0.1, -0.05) is 15.9 Å². The number of hydrogen-bond acceptors (Lipinski definition) is 4. The summed E-state index contributed by atoms with van der Waals surface area (Å²) in [6.07, 6.45) is 0.812. The maximum absolute atomic E-state index is 12.6. The molecule has 0 radical (unpaired) electrons. The van der Waals surface area contributed by atoms with E-state index in [9.17, 15) is 8.42 Å². The van der Waals surface area contributed by atoms with Crippen molar-refractivity contribution < 1.29 is 13.2 Å². The van der Waals surface area contributed by atoms with Crippen molar-refractivity contribution in [3.63, 3.8) is 0 Å². The summed E-state index contributed by atoms with van der Waals surface area (Å²) in [6, 6.07) is 4.97. The molecule has 1 atom stereocenters. The number of nitrogens with two attached hydrogens (primary N) is 1. The summed E-state index contributed by atoms with van der Waals surface area (Å²) in [5.41, 5.74) is 5.60. The molecule has 106 valence electrons. The van der Waals surface area contributed by atoms with E-state index in [0.29, 0.717) is 29.9 Å². The molecule has 0 saturated carbocycles. The molecule has 1 aromatic rings. The summed E-state index contributed by atoms with van der Waals surface area (Å²) in [4.78, 5) is 0.196. The number of sulfonamides is 1. The molecule has 1 aliphatic heterocycles. The average Bonchev–Trinajstić information content (AvgIpc) is 2.88. The lowest BCUT2D eigenvalue weighted by Crippen LogP contribution is -2.30. The maximum atomic E-state index is 12.6. The zero-order valence-corrected chi connectivity index (χ0v) is 13.1. The van der Waals surface area contributed by atoms with E-state index >= 15 is 0 Å². The van der Waals surface area contributed by atoms with Crippen LogP contribution < -0.4 is 10.5 Å². The number of hydrogen-bond donors (Lipinski definition) is 1. The number of nitrogens with zero attached hydrogens (tertiary/aromatic N) is 1. The predicted octanol–water partition coefficient (Wildman–Crippen LogP) is 1.43. The SMILES string of the molecule is COc1ccc(Br)cc1S(=O)(=O)N1CC[C@@H](CN)C1. The van der Waals surface area contributed by atoms with Gasteiger partial charge in [0.25, 0.3) is 0 Å². The summed E-state index contributed by atoms with van der Waals surface area (Å²) in [5.74, 6) is 0.604. The van der Waals surface area contributed by atoms with Gasteiger partial charge in [0.05, 0.1) is 7.11 Å². The van der Waals surface area contributed by atoms with Crippen molar-refractivity contribution >= 4 is 26.0 Å². The van der Waals surface area contributed by atoms with Gasteiger partial charge in [0, 0.05) is 17.6 Å². The van der Waals surface area contributed by atoms with E-state index < -0.39 is 10.0 Å². The zero-order chi connectivity index (χ0) is 14.0. The fourth-order valence-electron chi connectivity index (χ4n) is 2.20. The van der Waals surface area contributed by atoms with Crippen LogP contribution in [0.2, 0.25) is 0 Å². The molecule has 1 fully saturated rings. The molecule has 0 unspecified atom stereocenters. The van der Waals surface area contributed by atoms with Crippen LogP contribution in [0.4, 0.5) is 0 Å². The predicted molar refractivity (Wildman–Crippen MR) is 76.6 cm³/mol. The van der Waals surface area contributed by atoms with E-state index in [0.717, 1.165) is 6.42 Å². The number of halogens is 1. The van der Waals surface area contributed by atoms with Gasteiger partial charge in [-0.15, -0.1) is 0 Å². The molecule has 0 amide bonds. The van der Waals surface area contributed by atoms with Crippen molar-refractivity contribution in [1.82, 2.24) is 4.31 Å². The molecule has 1 aromatic carbocycles. The van der Waals surface area contributed by atoms with Crippen molar-refractivity contribution in [2.75, 3.05) is 26.7 Å². The van der Waals surface area contributed by atoms with Crippen LogP contribution in [-0.4, -0.2) is 39.5 Å². The normalized spacial score (nSPS) is 20.7. The Kier molecular flexibility index (Phi) is 4.50. The third kappa shape index (κ3) is 2.94. The van der Waals surface area contributed by atoms with Gasteiger partial charge in [0.1, 0.15) is 10.6 Å². The van der Waals surface area contributed by atoms with Crippen LogP contribution >= 0.6 is 15.9 Å². The average molecular weight is 349 g/mol. The van der Waals surface area contributed by atoms with E-state index in [4.69, 9.17) is 10.5 Å². The summed E-state index contributed by atoms with van der Waals surface area (Å²) >= 11 is 3.29. The van der Waals surface area contributed by atoms with Gasteiger partial charge < -0.3 is 10.5 Å². The van der Waals surface area contributed by atoms with Gasteiger partial charge in [-0.3, -0.25) is 0 Å². The Morgan fingerprint density at radius 1 is 1.53 bits per heavy atom. The third-order valence-electron chi connectivity index (χ3n) is 3.33. The molecule has 1 aliphatic rings. The lowest BCUT2D eigenvalue weighted by atomic mass is 10.1. The number of rotatable bonds is 4. The van der Waals surface area contributed by atoms with Crippen molar-refractivity contribution in [1.29, 1.82) is 0 Å². The largest absolute Gasteiger partial charge is 0.495 e. The van der Waals surface area contributed by atoms with Crippen LogP contribution in [0.15, 0.2) is 27.6 Å². The quantitative estimate of drug-likeness (QED) is 0.893. The number of methoxy groups -OCH3 is 1. The second-order valence-corrected chi connectivity index (χ2v) is 7.37. The fraction of sp³-hybridized carbons (Fsp3) is 0.500. The van der Waals surface area contributed by atoms with E-state index in [2.05, 4.69) is 15.9 Å². The fourth-order valence-corrected chi connectivity index (χ4v) is 4.42. The van der Waals surface area contributed by atoms with Crippen molar-refractivity contribution in [3.8, 4) is 5.75 Å². The highest BCUT2D eigenvalue weighted by Crippen LogP contribution is 2.32. The van der Waals surface area contributed by atoms with E-state index in [1.54, 1.807) is 18.2 Å². The second-order valence-electron chi connectivity index (χ2n) is 4.55. The van der Waals surface area contributed by atoms with E-state index in [1.807, 2.05) is 0 Å². The highest BCUT2D eigenvalue weighted by Gasteiger charge is 2.33. The summed E-state index contributed by atoms with van der Waals surface area (Å²) < 4.78 is 32.6. The first kappa shape index (κ1) is 14.8. The van der Waals surface area contributed by atoms with Gasteiger partial charge in [-0.2, -0.15) is 4.31 Å². The number of ether oxygens (including phenoxy) is 1. The first-order valence-corrected chi connectivity index (χ1v) is 8.26. The Balaban J connectivity index is 2.37. The molecular formula is C12H17BrN2O3S. The van der Waals surface area contributed by atoms with Crippen LogP contribution in [0, 0.1) is 5.92 Å². The minimum Gasteiger partial charge on any atom is -0.495 e. The molecule has 2 rings (SSSR count). The van der Waals surface area contributed by atoms with Gasteiger partial charge in [-0.05, 0) is 37.1 Å². The Morgan fingerprint density at radius 2 is 2.26 bits per heavy atom. The van der Waals surface area contributed by atoms with Crippen LogP contribution in [-0.2, 0) is 10.0 Å². The van der Waals surface area contributed by atoms with E-state index in [-0.39, 0.29) is 10.8 Å². The topological polar surface area (TPSA) is 72.6 Å². The molecular weight excluding hydrogens is 332 g/mol. The monoisotopic (exact) mass is 348 g/mol. The van der Waals surface area contributed by atoms with Crippen LogP contribution in [0.1, 0.15) is 6.42 Å². The summed E-state index contributed by atoms with van der Waals surface area (Å²) in [5, 5.41) is 0. The molecule has 1 saturated heterocycles. The first-order valence-electron chi connectivity index (χ1n) is 6.02. The second kappa shape index (κ2) is 5.78. The molecule has 7 heteroatoms. The van der Waals surface area contributed by atoms with Crippen molar-refractivity contribution in [2.45, 2.75) is 11.3 Å². The van der Waals surface area contributed by atoms with Gasteiger partial charge in [-0.25, -0.2) is 8.42 Å². The maximum Gasteiger partial charge on any atom is 0.246 e. The smallest absolute Gasteiger partial charge is 0.246 e. The Morgan fingerprint density at radius 3 is 2.84 bits per heavy atom. The van der Waals surface area contributed by atoms with Crippen LogP contribution in [0.5, 0.6) is 5.75 Å². The standard InChI is InChI=1S/C12H17BrN2O3S/c1-18-11-3-2-10(13)6-12(11)19(16,17)15-5-4-9(7-14)8-15/h2-3,6,9H,4-5,7-8,14H2,1H3/t9-/m0/s1. The minimum atomic E-state index is -3.52. The highest BCUT2D eigenvalue weighted by atomic mass is 79.9. The molecule has 1 heterocycles.